The molecule has 1 aliphatic carbocycles. The van der Waals surface area contributed by atoms with Crippen molar-refractivity contribution in [3.63, 3.8) is 0 Å². The van der Waals surface area contributed by atoms with Gasteiger partial charge in [-0.05, 0) is 68.5 Å². The molecule has 1 amide bonds. The van der Waals surface area contributed by atoms with E-state index in [0.29, 0.717) is 45.9 Å². The van der Waals surface area contributed by atoms with Crippen molar-refractivity contribution in [3.05, 3.63) is 54.0 Å². The monoisotopic (exact) mass is 556 g/mol. The fraction of sp³-hybridized carbons (Fsp3) is 0.333. The van der Waals surface area contributed by atoms with E-state index in [4.69, 9.17) is 23.9 Å². The number of aryl methyl sites for hydroxylation is 1. The molecule has 1 atom stereocenters. The summed E-state index contributed by atoms with van der Waals surface area (Å²) in [4.78, 5) is 29.8. The number of ether oxygens (including phenoxy) is 2. The van der Waals surface area contributed by atoms with Gasteiger partial charge in [0.1, 0.15) is 23.0 Å². The van der Waals surface area contributed by atoms with Crippen LogP contribution in [0.4, 0.5) is 11.6 Å². The standard InChI is InChI=1S/C30H32N6O5/c1-16(15-37)32-28(38)19-9-11-22(24(13-19)39-3)34-30-35-27-26(29(36-30)41-20-6-4-5-7-20)21(14-31-27)18-8-10-23-25(12-18)40-17(2)33-23/h8-14,16,20,37H,4-7,15H2,1-3H3,(H,32,38)(H2,31,34,35,36)/t16-/m0/s1. The van der Waals surface area contributed by atoms with Crippen molar-refractivity contribution in [2.75, 3.05) is 19.0 Å². The Labute approximate surface area is 236 Å². The van der Waals surface area contributed by atoms with E-state index in [1.54, 1.807) is 25.1 Å². The molecule has 3 aromatic heterocycles. The van der Waals surface area contributed by atoms with Crippen molar-refractivity contribution < 1.29 is 23.8 Å². The topological polar surface area (TPSA) is 147 Å². The van der Waals surface area contributed by atoms with Crippen molar-refractivity contribution >= 4 is 39.7 Å². The molecule has 6 rings (SSSR count). The third-order valence-electron chi connectivity index (χ3n) is 7.25. The van der Waals surface area contributed by atoms with Crippen LogP contribution in [-0.4, -0.2) is 56.8 Å². The number of aliphatic hydroxyl groups excluding tert-OH is 1. The first-order valence-corrected chi connectivity index (χ1v) is 13.7. The molecule has 1 saturated carbocycles. The van der Waals surface area contributed by atoms with Crippen LogP contribution in [0.25, 0.3) is 33.3 Å². The second kappa shape index (κ2) is 11.1. The number of hydrogen-bond donors (Lipinski definition) is 4. The fourth-order valence-corrected chi connectivity index (χ4v) is 5.15. The van der Waals surface area contributed by atoms with Gasteiger partial charge in [-0.2, -0.15) is 9.97 Å². The Morgan fingerprint density at radius 3 is 2.78 bits per heavy atom. The van der Waals surface area contributed by atoms with Gasteiger partial charge in [0.25, 0.3) is 5.91 Å². The normalized spacial score (nSPS) is 14.4. The molecule has 212 valence electrons. The van der Waals surface area contributed by atoms with Gasteiger partial charge in [-0.25, -0.2) is 4.98 Å². The number of aromatic amines is 1. The number of aromatic nitrogens is 4. The number of nitrogens with zero attached hydrogens (tertiary/aromatic N) is 3. The van der Waals surface area contributed by atoms with Gasteiger partial charge in [0, 0.05) is 30.3 Å². The van der Waals surface area contributed by atoms with Gasteiger partial charge in [-0.1, -0.05) is 6.07 Å². The highest BCUT2D eigenvalue weighted by atomic mass is 16.5. The largest absolute Gasteiger partial charge is 0.495 e. The lowest BCUT2D eigenvalue weighted by atomic mass is 10.1. The van der Waals surface area contributed by atoms with Crippen LogP contribution in [-0.2, 0) is 0 Å². The summed E-state index contributed by atoms with van der Waals surface area (Å²) in [5.74, 6) is 1.56. The maximum Gasteiger partial charge on any atom is 0.251 e. The van der Waals surface area contributed by atoms with Gasteiger partial charge in [-0.3, -0.25) is 4.79 Å². The van der Waals surface area contributed by atoms with Crippen molar-refractivity contribution in [1.82, 2.24) is 25.3 Å². The van der Waals surface area contributed by atoms with Gasteiger partial charge in [-0.15, -0.1) is 0 Å². The van der Waals surface area contributed by atoms with Crippen LogP contribution in [0.1, 0.15) is 48.9 Å². The molecule has 1 aliphatic rings. The Kier molecular flexibility index (Phi) is 7.19. The van der Waals surface area contributed by atoms with E-state index in [-0.39, 0.29) is 24.7 Å². The molecule has 2 aromatic carbocycles. The van der Waals surface area contributed by atoms with Crippen LogP contribution in [0, 0.1) is 6.92 Å². The summed E-state index contributed by atoms with van der Waals surface area (Å²) in [6.45, 7) is 3.40. The first-order valence-electron chi connectivity index (χ1n) is 13.7. The van der Waals surface area contributed by atoms with E-state index in [9.17, 15) is 9.90 Å². The highest BCUT2D eigenvalue weighted by Crippen LogP contribution is 2.38. The Morgan fingerprint density at radius 1 is 1.17 bits per heavy atom. The maximum absolute atomic E-state index is 12.5. The minimum Gasteiger partial charge on any atom is -0.495 e. The summed E-state index contributed by atoms with van der Waals surface area (Å²) in [6, 6.07) is 10.6. The lowest BCUT2D eigenvalue weighted by molar-refractivity contribution is 0.0922. The van der Waals surface area contributed by atoms with Crippen molar-refractivity contribution in [2.45, 2.75) is 51.7 Å². The van der Waals surface area contributed by atoms with Gasteiger partial charge in [0.2, 0.25) is 11.8 Å². The van der Waals surface area contributed by atoms with Crippen LogP contribution in [0.2, 0.25) is 0 Å². The zero-order valence-corrected chi connectivity index (χ0v) is 23.2. The van der Waals surface area contributed by atoms with Crippen LogP contribution in [0.15, 0.2) is 47.0 Å². The van der Waals surface area contributed by atoms with E-state index in [2.05, 4.69) is 20.6 Å². The average Bonchev–Trinajstić information content (AvgIpc) is 3.72. The zero-order chi connectivity index (χ0) is 28.5. The molecule has 0 radical (unpaired) electrons. The van der Waals surface area contributed by atoms with Crippen LogP contribution in [0.3, 0.4) is 0 Å². The lowest BCUT2D eigenvalue weighted by Crippen LogP contribution is -2.34. The summed E-state index contributed by atoms with van der Waals surface area (Å²) in [5, 5.41) is 16.0. The molecule has 0 unspecified atom stereocenters. The average molecular weight is 557 g/mol. The maximum atomic E-state index is 12.5. The second-order valence-corrected chi connectivity index (χ2v) is 10.3. The number of benzene rings is 2. The number of oxazole rings is 1. The quantitative estimate of drug-likeness (QED) is 0.191. The molecular formula is C30H32N6O5. The minimum atomic E-state index is -0.364. The number of aliphatic hydroxyl groups is 1. The molecule has 0 aliphatic heterocycles. The van der Waals surface area contributed by atoms with Crippen molar-refractivity contribution in [2.24, 2.45) is 0 Å². The number of H-pyrrole nitrogens is 1. The summed E-state index contributed by atoms with van der Waals surface area (Å²) < 4.78 is 17.8. The number of rotatable bonds is 9. The number of nitrogens with one attached hydrogen (secondary N) is 3. The Hall–Kier alpha value is -4.64. The number of fused-ring (bicyclic) bond motifs is 2. The molecule has 3 heterocycles. The van der Waals surface area contributed by atoms with Crippen LogP contribution >= 0.6 is 0 Å². The smallest absolute Gasteiger partial charge is 0.251 e. The van der Waals surface area contributed by atoms with Gasteiger partial charge in [0.05, 0.1) is 24.8 Å². The zero-order valence-electron chi connectivity index (χ0n) is 23.2. The summed E-state index contributed by atoms with van der Waals surface area (Å²) in [5.41, 5.74) is 4.96. The van der Waals surface area contributed by atoms with Crippen molar-refractivity contribution in [3.8, 4) is 22.8 Å². The predicted octanol–water partition coefficient (Wildman–Crippen LogP) is 5.26. The van der Waals surface area contributed by atoms with E-state index in [1.807, 2.05) is 31.3 Å². The third kappa shape index (κ3) is 5.40. The number of carbonyl (C=O) groups is 1. The number of methoxy groups -OCH3 is 1. The lowest BCUT2D eigenvalue weighted by Gasteiger charge is -2.16. The number of hydrogen-bond acceptors (Lipinski definition) is 9. The van der Waals surface area contributed by atoms with E-state index in [0.717, 1.165) is 47.7 Å². The SMILES string of the molecule is COc1cc(C(=O)N[C@@H](C)CO)ccc1Nc1nc(OC2CCCC2)c2c(-c3ccc4nc(C)oc4c3)c[nH]c2n1. The molecule has 11 nitrogen and oxygen atoms in total. The molecule has 0 spiro atoms. The molecule has 41 heavy (non-hydrogen) atoms. The minimum absolute atomic E-state index is 0.0803. The molecular weight excluding hydrogens is 524 g/mol. The first kappa shape index (κ1) is 26.6. The van der Waals surface area contributed by atoms with E-state index >= 15 is 0 Å². The second-order valence-electron chi connectivity index (χ2n) is 10.3. The summed E-state index contributed by atoms with van der Waals surface area (Å²) >= 11 is 0. The summed E-state index contributed by atoms with van der Waals surface area (Å²) in [7, 11) is 1.53. The number of amides is 1. The Balaban J connectivity index is 1.37. The van der Waals surface area contributed by atoms with Crippen LogP contribution in [0.5, 0.6) is 11.6 Å². The molecule has 0 bridgehead atoms. The third-order valence-corrected chi connectivity index (χ3v) is 7.25. The highest BCUT2D eigenvalue weighted by Gasteiger charge is 2.23. The van der Waals surface area contributed by atoms with E-state index < -0.39 is 0 Å². The Bertz CT molecular complexity index is 1720. The van der Waals surface area contributed by atoms with Gasteiger partial charge >= 0.3 is 0 Å². The van der Waals surface area contributed by atoms with E-state index in [1.165, 1.54) is 7.11 Å². The number of anilines is 2. The van der Waals surface area contributed by atoms with Gasteiger partial charge < -0.3 is 34.6 Å². The van der Waals surface area contributed by atoms with Gasteiger partial charge in [0.15, 0.2) is 11.5 Å². The number of carbonyl (C=O) groups excluding carboxylic acids is 1. The predicted molar refractivity (Wildman–Crippen MR) is 155 cm³/mol. The molecule has 4 N–H and O–H groups in total. The highest BCUT2D eigenvalue weighted by molar-refractivity contribution is 5.99. The Morgan fingerprint density at radius 2 is 2.00 bits per heavy atom. The van der Waals surface area contributed by atoms with Crippen LogP contribution < -0.4 is 20.1 Å². The first-order chi connectivity index (χ1) is 19.9. The fourth-order valence-electron chi connectivity index (χ4n) is 5.15. The molecule has 1 fully saturated rings. The summed E-state index contributed by atoms with van der Waals surface area (Å²) in [6.07, 6.45) is 6.18. The molecule has 5 aromatic rings. The van der Waals surface area contributed by atoms with Crippen molar-refractivity contribution in [1.29, 1.82) is 0 Å². The molecule has 0 saturated heterocycles. The molecule has 11 heteroatoms.